The Kier molecular flexibility index (Phi) is 6.48. The first-order valence-corrected chi connectivity index (χ1v) is 10.6. The molecule has 0 amide bonds. The number of aliphatic carboxylic acids is 1. The molecule has 0 aliphatic carbocycles. The van der Waals surface area contributed by atoms with E-state index >= 15 is 0 Å². The molecule has 1 aromatic heterocycles. The van der Waals surface area contributed by atoms with Gasteiger partial charge in [0, 0.05) is 30.2 Å². The molecule has 0 fully saturated rings. The van der Waals surface area contributed by atoms with E-state index in [-0.39, 0.29) is 9.92 Å². The van der Waals surface area contributed by atoms with Crippen molar-refractivity contribution in [3.8, 4) is 5.75 Å². The molecule has 1 aliphatic heterocycles. The molecule has 2 heterocycles. The minimum atomic E-state index is -5.08. The van der Waals surface area contributed by atoms with Crippen LogP contribution in [0.2, 0.25) is 5.02 Å². The average molecular weight is 477 g/mol. The van der Waals surface area contributed by atoms with Crippen LogP contribution in [0.5, 0.6) is 5.75 Å². The van der Waals surface area contributed by atoms with Crippen LogP contribution >= 0.6 is 11.6 Å². The van der Waals surface area contributed by atoms with E-state index < -0.39 is 22.2 Å². The highest BCUT2D eigenvalue weighted by Crippen LogP contribution is 2.33. The predicted octanol–water partition coefficient (Wildman–Crippen LogP) is 3.65. The number of alkyl halides is 3. The first kappa shape index (κ1) is 22.9. The van der Waals surface area contributed by atoms with Crippen LogP contribution in [0.3, 0.4) is 0 Å². The highest BCUT2D eigenvalue weighted by molar-refractivity contribution is 7.90. The third-order valence-electron chi connectivity index (χ3n) is 4.36. The summed E-state index contributed by atoms with van der Waals surface area (Å²) in [6.07, 6.45) is -3.52. The van der Waals surface area contributed by atoms with Gasteiger partial charge >= 0.3 is 12.1 Å². The molecule has 3 aromatic rings. The van der Waals surface area contributed by atoms with Crippen molar-refractivity contribution < 1.29 is 36.2 Å². The molecule has 0 saturated heterocycles. The third kappa shape index (κ3) is 4.78. The summed E-state index contributed by atoms with van der Waals surface area (Å²) in [6.45, 7) is 1.99. The monoisotopic (exact) mass is 476 g/mol. The number of hydrogen-bond acceptors (Lipinski definition) is 5. The largest absolute Gasteiger partial charge is 0.492 e. The molecule has 31 heavy (non-hydrogen) atoms. The van der Waals surface area contributed by atoms with Gasteiger partial charge in [0.05, 0.1) is 10.5 Å². The Bertz CT molecular complexity index is 1220. The van der Waals surface area contributed by atoms with Gasteiger partial charge in [0.2, 0.25) is 0 Å². The normalized spacial score (nSPS) is 14.1. The SMILES string of the molecule is O=C(O)C(F)(F)F.O=S(=O)(c1ccccc1Cl)n1ccc2c3c(ccc21)OCCNC3. The fourth-order valence-corrected chi connectivity index (χ4v) is 4.81. The van der Waals surface area contributed by atoms with Crippen molar-refractivity contribution >= 4 is 38.5 Å². The van der Waals surface area contributed by atoms with Gasteiger partial charge in [-0.25, -0.2) is 17.2 Å². The number of fused-ring (bicyclic) bond motifs is 3. The number of hydrogen-bond donors (Lipinski definition) is 2. The van der Waals surface area contributed by atoms with Gasteiger partial charge in [-0.15, -0.1) is 0 Å². The topological polar surface area (TPSA) is 97.6 Å². The summed E-state index contributed by atoms with van der Waals surface area (Å²) in [7, 11) is -3.77. The van der Waals surface area contributed by atoms with Crippen LogP contribution in [0.1, 0.15) is 5.56 Å². The molecular formula is C19H16ClF3N2O5S. The molecular weight excluding hydrogens is 461 g/mol. The standard InChI is InChI=1S/C17H15ClN2O3S.C2HF3O2/c18-14-3-1-2-4-17(14)24(21,22)20-9-7-12-13-11-19-8-10-23-16(13)6-5-15(12)20;3-2(4,5)1(6)7/h1-7,9,19H,8,10-11H2;(H,6,7). The van der Waals surface area contributed by atoms with Crippen LogP contribution in [-0.2, 0) is 21.4 Å². The van der Waals surface area contributed by atoms with E-state index in [0.29, 0.717) is 18.7 Å². The lowest BCUT2D eigenvalue weighted by atomic mass is 10.1. The van der Waals surface area contributed by atoms with Crippen LogP contribution in [0.15, 0.2) is 53.6 Å². The molecule has 0 spiro atoms. The number of aromatic nitrogens is 1. The maximum absolute atomic E-state index is 13.0. The zero-order chi connectivity index (χ0) is 22.8. The Morgan fingerprint density at radius 2 is 1.84 bits per heavy atom. The quantitative estimate of drug-likeness (QED) is 0.586. The molecule has 12 heteroatoms. The first-order valence-electron chi connectivity index (χ1n) is 8.80. The van der Waals surface area contributed by atoms with Crippen LogP contribution in [-0.4, -0.2) is 42.8 Å². The summed E-state index contributed by atoms with van der Waals surface area (Å²) in [6, 6.07) is 11.9. The fourth-order valence-electron chi connectivity index (χ4n) is 2.97. The number of nitrogens with zero attached hydrogens (tertiary/aromatic N) is 1. The average Bonchev–Trinajstić information content (AvgIpc) is 3.00. The molecule has 2 aromatic carbocycles. The fraction of sp³-hybridized carbons (Fsp3) is 0.211. The van der Waals surface area contributed by atoms with Gasteiger partial charge in [-0.2, -0.15) is 13.2 Å². The maximum Gasteiger partial charge on any atom is 0.490 e. The van der Waals surface area contributed by atoms with Crippen LogP contribution in [0.25, 0.3) is 10.9 Å². The van der Waals surface area contributed by atoms with Crippen molar-refractivity contribution in [3.05, 3.63) is 59.2 Å². The smallest absolute Gasteiger partial charge is 0.490 e. The Hall–Kier alpha value is -2.76. The van der Waals surface area contributed by atoms with Crippen LogP contribution in [0.4, 0.5) is 13.2 Å². The molecule has 166 valence electrons. The van der Waals surface area contributed by atoms with Gasteiger partial charge in [-0.05, 0) is 30.3 Å². The second-order valence-electron chi connectivity index (χ2n) is 6.35. The molecule has 1 aliphatic rings. The van der Waals surface area contributed by atoms with Crippen molar-refractivity contribution in [2.75, 3.05) is 13.2 Å². The minimum absolute atomic E-state index is 0.0912. The van der Waals surface area contributed by atoms with Crippen LogP contribution in [0, 0.1) is 0 Å². The van der Waals surface area contributed by atoms with Crippen molar-refractivity contribution in [2.24, 2.45) is 0 Å². The van der Waals surface area contributed by atoms with Gasteiger partial charge in [0.25, 0.3) is 10.0 Å². The van der Waals surface area contributed by atoms with E-state index in [1.54, 1.807) is 36.5 Å². The van der Waals surface area contributed by atoms with E-state index in [9.17, 15) is 21.6 Å². The van der Waals surface area contributed by atoms with Crippen molar-refractivity contribution in [3.63, 3.8) is 0 Å². The van der Waals surface area contributed by atoms with Gasteiger partial charge in [-0.1, -0.05) is 23.7 Å². The number of halogens is 4. The third-order valence-corrected chi connectivity index (χ3v) is 6.55. The highest BCUT2D eigenvalue weighted by Gasteiger charge is 2.38. The summed E-state index contributed by atoms with van der Waals surface area (Å²) >= 11 is 6.09. The summed E-state index contributed by atoms with van der Waals surface area (Å²) in [4.78, 5) is 8.99. The van der Waals surface area contributed by atoms with Crippen molar-refractivity contribution in [1.29, 1.82) is 0 Å². The van der Waals surface area contributed by atoms with Crippen molar-refractivity contribution in [1.82, 2.24) is 9.29 Å². The number of benzene rings is 2. The van der Waals surface area contributed by atoms with Crippen molar-refractivity contribution in [2.45, 2.75) is 17.6 Å². The Balaban J connectivity index is 0.000000339. The summed E-state index contributed by atoms with van der Waals surface area (Å²) in [5.74, 6) is -1.96. The van der Waals surface area contributed by atoms with Gasteiger partial charge in [0.15, 0.2) is 0 Å². The molecule has 0 unspecified atom stereocenters. The van der Waals surface area contributed by atoms with Gasteiger partial charge in [0.1, 0.15) is 17.3 Å². The van der Waals surface area contributed by atoms with Gasteiger partial charge < -0.3 is 15.2 Å². The maximum atomic E-state index is 13.0. The number of carboxylic acid groups (broad SMARTS) is 1. The molecule has 2 N–H and O–H groups in total. The molecule has 0 atom stereocenters. The van der Waals surface area contributed by atoms with E-state index in [1.165, 1.54) is 10.0 Å². The Morgan fingerprint density at radius 3 is 2.48 bits per heavy atom. The second kappa shape index (κ2) is 8.77. The lowest BCUT2D eigenvalue weighted by molar-refractivity contribution is -0.192. The van der Waals surface area contributed by atoms with E-state index in [2.05, 4.69) is 5.32 Å². The number of nitrogens with one attached hydrogen (secondary N) is 1. The lowest BCUT2D eigenvalue weighted by Gasteiger charge is -2.11. The molecule has 4 rings (SSSR count). The molecule has 0 saturated carbocycles. The van der Waals surface area contributed by atoms with E-state index in [1.807, 2.05) is 6.07 Å². The first-order chi connectivity index (χ1) is 14.5. The number of ether oxygens (including phenoxy) is 1. The Morgan fingerprint density at radius 1 is 1.16 bits per heavy atom. The highest BCUT2D eigenvalue weighted by atomic mass is 35.5. The number of rotatable bonds is 2. The zero-order valence-electron chi connectivity index (χ0n) is 15.7. The minimum Gasteiger partial charge on any atom is -0.492 e. The van der Waals surface area contributed by atoms with E-state index in [4.69, 9.17) is 26.2 Å². The number of carbonyl (C=O) groups is 1. The molecule has 7 nitrogen and oxygen atoms in total. The lowest BCUT2D eigenvalue weighted by Crippen LogP contribution is -2.21. The second-order valence-corrected chi connectivity index (χ2v) is 8.54. The zero-order valence-corrected chi connectivity index (χ0v) is 17.3. The Labute approximate surface area is 180 Å². The predicted molar refractivity (Wildman–Crippen MR) is 107 cm³/mol. The summed E-state index contributed by atoms with van der Waals surface area (Å²) in [5, 5.41) is 11.5. The molecule has 0 radical (unpaired) electrons. The van der Waals surface area contributed by atoms with E-state index in [0.717, 1.165) is 23.2 Å². The summed E-state index contributed by atoms with van der Waals surface area (Å²) < 4.78 is 64.7. The van der Waals surface area contributed by atoms with Gasteiger partial charge in [-0.3, -0.25) is 0 Å². The molecule has 0 bridgehead atoms. The van der Waals surface area contributed by atoms with Crippen LogP contribution < -0.4 is 10.1 Å². The summed E-state index contributed by atoms with van der Waals surface area (Å²) in [5.41, 5.74) is 1.58. The number of carboxylic acids is 1.